The van der Waals surface area contributed by atoms with Crippen molar-refractivity contribution in [1.82, 2.24) is 30.0 Å². The third kappa shape index (κ3) is 3.84. The lowest BCUT2D eigenvalue weighted by molar-refractivity contribution is -0.138. The molecular weight excluding hydrogens is 344 g/mol. The summed E-state index contributed by atoms with van der Waals surface area (Å²) in [7, 11) is 0. The Hall–Kier alpha value is -2.77. The summed E-state index contributed by atoms with van der Waals surface area (Å²) >= 11 is 0. The van der Waals surface area contributed by atoms with Gasteiger partial charge in [-0.1, -0.05) is 0 Å². The zero-order valence-corrected chi connectivity index (χ0v) is 15.3. The van der Waals surface area contributed by atoms with Gasteiger partial charge in [0, 0.05) is 62.5 Å². The number of likely N-dealkylation sites (tertiary alicyclic amines) is 2. The summed E-state index contributed by atoms with van der Waals surface area (Å²) in [4.78, 5) is 36.2. The van der Waals surface area contributed by atoms with Gasteiger partial charge in [-0.25, -0.2) is 4.98 Å². The molecule has 0 radical (unpaired) electrons. The van der Waals surface area contributed by atoms with Crippen molar-refractivity contribution in [2.24, 2.45) is 5.41 Å². The molecule has 2 aromatic heterocycles. The molecule has 2 saturated heterocycles. The van der Waals surface area contributed by atoms with E-state index in [0.717, 1.165) is 37.9 Å². The molecule has 0 bridgehead atoms. The molecule has 8 heteroatoms. The first kappa shape index (κ1) is 17.6. The van der Waals surface area contributed by atoms with Crippen molar-refractivity contribution in [2.45, 2.75) is 32.1 Å². The third-order valence-corrected chi connectivity index (χ3v) is 5.69. The molecule has 1 N–H and O–H groups in total. The summed E-state index contributed by atoms with van der Waals surface area (Å²) in [6, 6.07) is 3.44. The summed E-state index contributed by atoms with van der Waals surface area (Å²) in [6.07, 6.45) is 9.19. The molecule has 1 spiro atoms. The molecule has 0 unspecified atom stereocenters. The van der Waals surface area contributed by atoms with E-state index in [1.165, 1.54) is 0 Å². The topological polar surface area (TPSA) is 95.1 Å². The van der Waals surface area contributed by atoms with Gasteiger partial charge in [0.1, 0.15) is 0 Å². The second-order valence-electron chi connectivity index (χ2n) is 7.58. The molecule has 0 saturated carbocycles. The number of rotatable bonds is 4. The first-order chi connectivity index (χ1) is 13.2. The maximum absolute atomic E-state index is 12.8. The van der Waals surface area contributed by atoms with E-state index in [9.17, 15) is 9.59 Å². The summed E-state index contributed by atoms with van der Waals surface area (Å²) in [5.74, 6) is 0.139. The summed E-state index contributed by atoms with van der Waals surface area (Å²) < 4.78 is 0. The molecule has 2 amide bonds. The quantitative estimate of drug-likeness (QED) is 0.877. The van der Waals surface area contributed by atoms with Crippen LogP contribution in [0, 0.1) is 5.41 Å². The van der Waals surface area contributed by atoms with Crippen LogP contribution in [-0.4, -0.2) is 68.0 Å². The number of imidazole rings is 1. The van der Waals surface area contributed by atoms with Crippen LogP contribution in [0.4, 0.5) is 0 Å². The SMILES string of the molecule is O=C1CC[C@@]2(CCCN(C(=O)c3cccnn3)C2)CN1CCc1cnc[nH]1. The monoisotopic (exact) mass is 368 g/mol. The number of hydrogen-bond donors (Lipinski definition) is 1. The molecule has 0 aromatic carbocycles. The second kappa shape index (κ2) is 7.46. The van der Waals surface area contributed by atoms with Crippen LogP contribution in [0.5, 0.6) is 0 Å². The lowest BCUT2D eigenvalue weighted by atomic mass is 9.73. The first-order valence-corrected chi connectivity index (χ1v) is 9.47. The average molecular weight is 368 g/mol. The summed E-state index contributed by atoms with van der Waals surface area (Å²) in [5, 5.41) is 7.77. The highest BCUT2D eigenvalue weighted by Gasteiger charge is 2.42. The van der Waals surface area contributed by atoms with E-state index in [1.54, 1.807) is 30.9 Å². The van der Waals surface area contributed by atoms with E-state index in [0.29, 0.717) is 31.7 Å². The van der Waals surface area contributed by atoms with Gasteiger partial charge in [0.25, 0.3) is 5.91 Å². The molecule has 4 rings (SSSR count). The zero-order valence-electron chi connectivity index (χ0n) is 15.3. The van der Waals surface area contributed by atoms with Crippen molar-refractivity contribution in [1.29, 1.82) is 0 Å². The number of hydrogen-bond acceptors (Lipinski definition) is 5. The van der Waals surface area contributed by atoms with Crippen LogP contribution in [0.15, 0.2) is 30.9 Å². The Labute approximate surface area is 158 Å². The van der Waals surface area contributed by atoms with Gasteiger partial charge in [0.2, 0.25) is 5.91 Å². The molecule has 0 aliphatic carbocycles. The summed E-state index contributed by atoms with van der Waals surface area (Å²) in [6.45, 7) is 2.81. The van der Waals surface area contributed by atoms with Gasteiger partial charge in [0.15, 0.2) is 5.69 Å². The standard InChI is InChI=1S/C19H24N6O2/c26-17-4-7-19(12-24(17)10-5-15-11-20-14-21-15)6-2-9-25(13-19)18(27)16-3-1-8-22-23-16/h1,3,8,11,14H,2,4-7,9-10,12-13H2,(H,20,21)/t19-/m0/s1. The minimum Gasteiger partial charge on any atom is -0.348 e. The van der Waals surface area contributed by atoms with Crippen LogP contribution in [-0.2, 0) is 11.2 Å². The fourth-order valence-electron chi connectivity index (χ4n) is 4.27. The number of nitrogens with one attached hydrogen (secondary N) is 1. The van der Waals surface area contributed by atoms with Crippen molar-refractivity contribution in [3.63, 3.8) is 0 Å². The Bertz CT molecular complexity index is 794. The van der Waals surface area contributed by atoms with Crippen molar-refractivity contribution in [3.8, 4) is 0 Å². The normalized spacial score (nSPS) is 23.0. The van der Waals surface area contributed by atoms with E-state index in [-0.39, 0.29) is 17.2 Å². The zero-order chi connectivity index (χ0) is 18.7. The maximum atomic E-state index is 12.8. The second-order valence-corrected chi connectivity index (χ2v) is 7.58. The van der Waals surface area contributed by atoms with Gasteiger partial charge in [-0.3, -0.25) is 9.59 Å². The number of carbonyl (C=O) groups is 2. The number of H-pyrrole nitrogens is 1. The fraction of sp³-hybridized carbons (Fsp3) is 0.526. The minimum absolute atomic E-state index is 0.0159. The number of carbonyl (C=O) groups excluding carboxylic acids is 2. The van der Waals surface area contributed by atoms with Crippen molar-refractivity contribution >= 4 is 11.8 Å². The molecule has 2 aliphatic rings. The molecule has 2 aliphatic heterocycles. The Morgan fingerprint density at radius 1 is 1.30 bits per heavy atom. The van der Waals surface area contributed by atoms with Crippen LogP contribution in [0.3, 0.4) is 0 Å². The smallest absolute Gasteiger partial charge is 0.274 e. The van der Waals surface area contributed by atoms with Crippen LogP contribution < -0.4 is 0 Å². The highest BCUT2D eigenvalue weighted by Crippen LogP contribution is 2.39. The average Bonchev–Trinajstić information content (AvgIpc) is 3.23. The molecular formula is C19H24N6O2. The number of piperidine rings is 2. The number of aromatic amines is 1. The van der Waals surface area contributed by atoms with Gasteiger partial charge >= 0.3 is 0 Å². The van der Waals surface area contributed by atoms with Gasteiger partial charge in [0.05, 0.1) is 6.33 Å². The van der Waals surface area contributed by atoms with E-state index < -0.39 is 0 Å². The van der Waals surface area contributed by atoms with Crippen molar-refractivity contribution < 1.29 is 9.59 Å². The van der Waals surface area contributed by atoms with Gasteiger partial charge in [-0.2, -0.15) is 5.10 Å². The third-order valence-electron chi connectivity index (χ3n) is 5.69. The molecule has 2 fully saturated rings. The van der Waals surface area contributed by atoms with Crippen LogP contribution in [0.1, 0.15) is 41.9 Å². The Morgan fingerprint density at radius 3 is 3.00 bits per heavy atom. The van der Waals surface area contributed by atoms with Crippen LogP contribution in [0.2, 0.25) is 0 Å². The van der Waals surface area contributed by atoms with E-state index in [2.05, 4.69) is 20.2 Å². The Morgan fingerprint density at radius 2 is 2.22 bits per heavy atom. The highest BCUT2D eigenvalue weighted by atomic mass is 16.2. The lowest BCUT2D eigenvalue weighted by Gasteiger charge is -2.48. The van der Waals surface area contributed by atoms with Crippen LogP contribution in [0.25, 0.3) is 0 Å². The van der Waals surface area contributed by atoms with Gasteiger partial charge < -0.3 is 14.8 Å². The van der Waals surface area contributed by atoms with E-state index >= 15 is 0 Å². The number of nitrogens with zero attached hydrogens (tertiary/aromatic N) is 5. The molecule has 8 nitrogen and oxygen atoms in total. The number of amides is 2. The maximum Gasteiger partial charge on any atom is 0.274 e. The van der Waals surface area contributed by atoms with Gasteiger partial charge in [-0.05, 0) is 31.4 Å². The van der Waals surface area contributed by atoms with Gasteiger partial charge in [-0.15, -0.1) is 5.10 Å². The number of aromatic nitrogens is 4. The van der Waals surface area contributed by atoms with Crippen LogP contribution >= 0.6 is 0 Å². The molecule has 142 valence electrons. The molecule has 4 heterocycles. The predicted octanol–water partition coefficient (Wildman–Crippen LogP) is 1.29. The highest BCUT2D eigenvalue weighted by molar-refractivity contribution is 5.92. The Balaban J connectivity index is 1.43. The first-order valence-electron chi connectivity index (χ1n) is 9.47. The minimum atomic E-state index is -0.0666. The lowest BCUT2D eigenvalue weighted by Crippen LogP contribution is -2.55. The fourth-order valence-corrected chi connectivity index (χ4v) is 4.27. The predicted molar refractivity (Wildman–Crippen MR) is 97.7 cm³/mol. The molecule has 2 aromatic rings. The largest absolute Gasteiger partial charge is 0.348 e. The molecule has 1 atom stereocenters. The van der Waals surface area contributed by atoms with E-state index in [4.69, 9.17) is 0 Å². The van der Waals surface area contributed by atoms with E-state index in [1.807, 2.05) is 9.80 Å². The van der Waals surface area contributed by atoms with Crippen molar-refractivity contribution in [2.75, 3.05) is 26.2 Å². The summed E-state index contributed by atoms with van der Waals surface area (Å²) in [5.41, 5.74) is 1.40. The Kier molecular flexibility index (Phi) is 4.87. The molecule has 27 heavy (non-hydrogen) atoms. The van der Waals surface area contributed by atoms with Crippen molar-refractivity contribution in [3.05, 3.63) is 42.2 Å².